The van der Waals surface area contributed by atoms with Crippen molar-refractivity contribution in [2.24, 2.45) is 5.92 Å². The third-order valence-electron chi connectivity index (χ3n) is 4.44. The third kappa shape index (κ3) is 4.15. The fourth-order valence-electron chi connectivity index (χ4n) is 3.12. The second-order valence-electron chi connectivity index (χ2n) is 6.98. The second kappa shape index (κ2) is 7.46. The standard InChI is InChI=1S/C19H21F2N3O3/c1-10(2)17(22-11(3)25)19(26)24-5-4-16-15(9-24)23-18(27-16)12-6-13(20)8-14(21)7-12/h6-8,10,17H,4-5,9H2,1-3H3,(H,22,25). The fourth-order valence-corrected chi connectivity index (χ4v) is 3.12. The molecule has 2 amide bonds. The Balaban J connectivity index is 1.81. The Labute approximate surface area is 155 Å². The highest BCUT2D eigenvalue weighted by atomic mass is 19.1. The molecule has 1 aromatic heterocycles. The maximum absolute atomic E-state index is 13.4. The first-order valence-corrected chi connectivity index (χ1v) is 8.75. The Kier molecular flexibility index (Phi) is 5.25. The van der Waals surface area contributed by atoms with Crippen LogP contribution in [0.25, 0.3) is 11.5 Å². The van der Waals surface area contributed by atoms with Crippen LogP contribution in [-0.2, 0) is 22.6 Å². The molecule has 1 aliphatic heterocycles. The van der Waals surface area contributed by atoms with Gasteiger partial charge in [-0.3, -0.25) is 9.59 Å². The van der Waals surface area contributed by atoms with Gasteiger partial charge in [0.1, 0.15) is 29.1 Å². The molecule has 27 heavy (non-hydrogen) atoms. The zero-order chi connectivity index (χ0) is 19.7. The van der Waals surface area contributed by atoms with Crippen molar-refractivity contribution in [2.45, 2.75) is 39.8 Å². The number of rotatable bonds is 4. The van der Waals surface area contributed by atoms with Crippen molar-refractivity contribution < 1.29 is 22.8 Å². The van der Waals surface area contributed by atoms with Crippen LogP contribution in [0.1, 0.15) is 32.2 Å². The Morgan fingerprint density at radius 1 is 1.22 bits per heavy atom. The van der Waals surface area contributed by atoms with Crippen molar-refractivity contribution in [3.8, 4) is 11.5 Å². The van der Waals surface area contributed by atoms with Gasteiger partial charge in [-0.1, -0.05) is 13.8 Å². The molecule has 2 heterocycles. The maximum atomic E-state index is 13.4. The smallest absolute Gasteiger partial charge is 0.245 e. The molecule has 1 unspecified atom stereocenters. The zero-order valence-electron chi connectivity index (χ0n) is 15.4. The SMILES string of the molecule is CC(=O)NC(C(=O)N1CCc2oc(-c3cc(F)cc(F)c3)nc2C1)C(C)C. The van der Waals surface area contributed by atoms with Crippen molar-refractivity contribution >= 4 is 11.8 Å². The summed E-state index contributed by atoms with van der Waals surface area (Å²) >= 11 is 0. The van der Waals surface area contributed by atoms with Gasteiger partial charge in [0, 0.05) is 31.5 Å². The van der Waals surface area contributed by atoms with Crippen molar-refractivity contribution in [3.63, 3.8) is 0 Å². The van der Waals surface area contributed by atoms with Crippen LogP contribution < -0.4 is 5.32 Å². The van der Waals surface area contributed by atoms with Crippen molar-refractivity contribution in [3.05, 3.63) is 41.3 Å². The lowest BCUT2D eigenvalue weighted by molar-refractivity contribution is -0.138. The molecule has 0 aliphatic carbocycles. The minimum atomic E-state index is -0.715. The van der Waals surface area contributed by atoms with Gasteiger partial charge in [-0.2, -0.15) is 0 Å². The first-order chi connectivity index (χ1) is 12.7. The predicted molar refractivity (Wildman–Crippen MR) is 93.4 cm³/mol. The van der Waals surface area contributed by atoms with E-state index in [1.165, 1.54) is 6.92 Å². The van der Waals surface area contributed by atoms with Gasteiger partial charge in [-0.25, -0.2) is 13.8 Å². The summed E-state index contributed by atoms with van der Waals surface area (Å²) in [7, 11) is 0. The molecule has 0 radical (unpaired) electrons. The van der Waals surface area contributed by atoms with Crippen molar-refractivity contribution in [1.29, 1.82) is 0 Å². The molecular formula is C19H21F2N3O3. The van der Waals surface area contributed by atoms with Gasteiger partial charge in [0.25, 0.3) is 0 Å². The molecule has 144 valence electrons. The summed E-state index contributed by atoms with van der Waals surface area (Å²) in [5.74, 6) is -1.23. The Morgan fingerprint density at radius 3 is 2.48 bits per heavy atom. The number of fused-ring (bicyclic) bond motifs is 1. The van der Waals surface area contributed by atoms with Gasteiger partial charge in [-0.15, -0.1) is 0 Å². The van der Waals surface area contributed by atoms with Crippen LogP contribution in [0, 0.1) is 17.6 Å². The van der Waals surface area contributed by atoms with Gasteiger partial charge >= 0.3 is 0 Å². The van der Waals surface area contributed by atoms with Crippen LogP contribution in [-0.4, -0.2) is 34.3 Å². The lowest BCUT2D eigenvalue weighted by atomic mass is 10.0. The summed E-state index contributed by atoms with van der Waals surface area (Å²) in [5, 5.41) is 2.69. The van der Waals surface area contributed by atoms with E-state index in [1.54, 1.807) is 4.90 Å². The number of benzene rings is 1. The van der Waals surface area contributed by atoms with Crippen LogP contribution in [0.5, 0.6) is 0 Å². The fraction of sp³-hybridized carbons (Fsp3) is 0.421. The van der Waals surface area contributed by atoms with E-state index in [-0.39, 0.29) is 35.7 Å². The third-order valence-corrected chi connectivity index (χ3v) is 4.44. The normalized spacial score (nSPS) is 14.8. The highest BCUT2D eigenvalue weighted by molar-refractivity contribution is 5.87. The van der Waals surface area contributed by atoms with Crippen LogP contribution in [0.15, 0.2) is 22.6 Å². The molecular weight excluding hydrogens is 356 g/mol. The molecule has 0 spiro atoms. The van der Waals surface area contributed by atoms with Gasteiger partial charge in [0.2, 0.25) is 17.7 Å². The van der Waals surface area contributed by atoms with E-state index in [1.807, 2.05) is 13.8 Å². The average Bonchev–Trinajstić information content (AvgIpc) is 3.01. The minimum absolute atomic E-state index is 0.0639. The highest BCUT2D eigenvalue weighted by Gasteiger charge is 2.32. The van der Waals surface area contributed by atoms with E-state index in [0.717, 1.165) is 18.2 Å². The van der Waals surface area contributed by atoms with Gasteiger partial charge in [-0.05, 0) is 18.1 Å². The topological polar surface area (TPSA) is 75.4 Å². The highest BCUT2D eigenvalue weighted by Crippen LogP contribution is 2.27. The molecule has 1 N–H and O–H groups in total. The van der Waals surface area contributed by atoms with Gasteiger partial charge in [0.15, 0.2) is 0 Å². The average molecular weight is 377 g/mol. The summed E-state index contributed by atoms with van der Waals surface area (Å²) in [4.78, 5) is 30.1. The molecule has 6 nitrogen and oxygen atoms in total. The number of oxazole rings is 1. The number of carbonyl (C=O) groups excluding carboxylic acids is 2. The number of nitrogens with one attached hydrogen (secondary N) is 1. The molecule has 3 rings (SSSR count). The van der Waals surface area contributed by atoms with Crippen LogP contribution in [0.2, 0.25) is 0 Å². The number of nitrogens with zero attached hydrogens (tertiary/aromatic N) is 2. The van der Waals surface area contributed by atoms with E-state index in [0.29, 0.717) is 24.4 Å². The van der Waals surface area contributed by atoms with E-state index in [2.05, 4.69) is 10.3 Å². The van der Waals surface area contributed by atoms with Crippen molar-refractivity contribution in [1.82, 2.24) is 15.2 Å². The molecule has 0 saturated heterocycles. The van der Waals surface area contributed by atoms with E-state index in [4.69, 9.17) is 4.42 Å². The summed E-state index contributed by atoms with van der Waals surface area (Å²) < 4.78 is 32.5. The minimum Gasteiger partial charge on any atom is -0.441 e. The number of aromatic nitrogens is 1. The molecule has 8 heteroatoms. The first-order valence-electron chi connectivity index (χ1n) is 8.75. The number of carbonyl (C=O) groups is 2. The van der Waals surface area contributed by atoms with Gasteiger partial charge in [0.05, 0.1) is 6.54 Å². The van der Waals surface area contributed by atoms with Gasteiger partial charge < -0.3 is 14.6 Å². The molecule has 0 fully saturated rings. The van der Waals surface area contributed by atoms with Crippen LogP contribution in [0.4, 0.5) is 8.78 Å². The molecule has 0 bridgehead atoms. The van der Waals surface area contributed by atoms with Crippen molar-refractivity contribution in [2.75, 3.05) is 6.54 Å². The lowest BCUT2D eigenvalue weighted by Gasteiger charge is -2.31. The number of hydrogen-bond acceptors (Lipinski definition) is 4. The Morgan fingerprint density at radius 2 is 1.89 bits per heavy atom. The van der Waals surface area contributed by atoms with Crippen LogP contribution >= 0.6 is 0 Å². The Hall–Kier alpha value is -2.77. The quantitative estimate of drug-likeness (QED) is 0.889. The van der Waals surface area contributed by atoms with E-state index < -0.39 is 17.7 Å². The number of hydrogen-bond donors (Lipinski definition) is 1. The molecule has 1 atom stereocenters. The molecule has 1 aliphatic rings. The predicted octanol–water partition coefficient (Wildman–Crippen LogP) is 2.67. The second-order valence-corrected chi connectivity index (χ2v) is 6.98. The number of amides is 2. The van der Waals surface area contributed by atoms with E-state index in [9.17, 15) is 18.4 Å². The lowest BCUT2D eigenvalue weighted by Crippen LogP contribution is -2.51. The maximum Gasteiger partial charge on any atom is 0.245 e. The van der Waals surface area contributed by atoms with E-state index >= 15 is 0 Å². The summed E-state index contributed by atoms with van der Waals surface area (Å²) in [6, 6.07) is 2.46. The number of halogens is 2. The van der Waals surface area contributed by atoms with Crippen LogP contribution in [0.3, 0.4) is 0 Å². The monoisotopic (exact) mass is 377 g/mol. The summed E-state index contributed by atoms with van der Waals surface area (Å²) in [6.07, 6.45) is 0.441. The Bertz CT molecular complexity index is 859. The largest absolute Gasteiger partial charge is 0.441 e. The molecule has 1 aromatic carbocycles. The summed E-state index contributed by atoms with van der Waals surface area (Å²) in [5.41, 5.74) is 0.762. The zero-order valence-corrected chi connectivity index (χ0v) is 15.4. The molecule has 0 saturated carbocycles. The first kappa shape index (κ1) is 19.0. The molecule has 2 aromatic rings. The summed E-state index contributed by atoms with van der Waals surface area (Å²) in [6.45, 7) is 5.74.